The van der Waals surface area contributed by atoms with Crippen molar-refractivity contribution in [3.8, 4) is 5.75 Å². The normalized spacial score (nSPS) is 9.73. The molecule has 0 bridgehead atoms. The number of hydrogen-bond acceptors (Lipinski definition) is 2. The van der Waals surface area contributed by atoms with Gasteiger partial charge in [-0.1, -0.05) is 11.6 Å². The Morgan fingerprint density at radius 3 is 3.09 bits per heavy atom. The smallest absolute Gasteiger partial charge is 0.235 e. The fraction of sp³-hybridized carbons (Fsp3) is 0.286. The first-order valence-electron chi connectivity index (χ1n) is 3.18. The number of halogens is 2. The summed E-state index contributed by atoms with van der Waals surface area (Å²) < 4.78 is 17.6. The van der Waals surface area contributed by atoms with E-state index in [0.29, 0.717) is 12.4 Å². The molecule has 0 fully saturated rings. The Morgan fingerprint density at radius 1 is 1.73 bits per heavy atom. The molecule has 0 unspecified atom stereocenters. The molecular weight excluding hydrogens is 169 g/mol. The Kier molecular flexibility index (Phi) is 2.65. The fourth-order valence-electron chi connectivity index (χ4n) is 0.669. The highest BCUT2D eigenvalue weighted by Gasteiger charge is 2.06. The lowest BCUT2D eigenvalue weighted by molar-refractivity contribution is 0.337. The monoisotopic (exact) mass is 175 g/mol. The van der Waals surface area contributed by atoms with Gasteiger partial charge in [0, 0.05) is 12.3 Å². The van der Waals surface area contributed by atoms with Crippen molar-refractivity contribution in [1.82, 2.24) is 4.98 Å². The first-order chi connectivity index (χ1) is 5.25. The number of hydrogen-bond donors (Lipinski definition) is 0. The lowest BCUT2D eigenvalue weighted by atomic mass is 10.4. The number of nitrogens with zero attached hydrogens (tertiary/aromatic N) is 1. The molecule has 1 heterocycles. The maximum Gasteiger partial charge on any atom is 0.235 e. The highest BCUT2D eigenvalue weighted by molar-refractivity contribution is 6.32. The molecule has 0 amide bonds. The van der Waals surface area contributed by atoms with E-state index in [4.69, 9.17) is 16.3 Å². The van der Waals surface area contributed by atoms with Gasteiger partial charge in [-0.3, -0.25) is 0 Å². The van der Waals surface area contributed by atoms with Crippen molar-refractivity contribution < 1.29 is 9.13 Å². The van der Waals surface area contributed by atoms with Gasteiger partial charge in [0.25, 0.3) is 0 Å². The molecule has 0 atom stereocenters. The van der Waals surface area contributed by atoms with Crippen LogP contribution in [0.5, 0.6) is 5.75 Å². The average Bonchev–Trinajstić information content (AvgIpc) is 1.99. The molecule has 0 N–H and O–H groups in total. The number of aromatic nitrogens is 1. The van der Waals surface area contributed by atoms with Gasteiger partial charge in [0.15, 0.2) is 0 Å². The van der Waals surface area contributed by atoms with Gasteiger partial charge in [0.05, 0.1) is 6.61 Å². The number of pyridine rings is 1. The third kappa shape index (κ3) is 1.80. The molecular formula is C7H7ClFNO. The average molecular weight is 176 g/mol. The molecule has 11 heavy (non-hydrogen) atoms. The molecule has 0 aliphatic rings. The van der Waals surface area contributed by atoms with Crippen molar-refractivity contribution in [3.63, 3.8) is 0 Å². The first kappa shape index (κ1) is 8.27. The summed E-state index contributed by atoms with van der Waals surface area (Å²) in [4.78, 5) is 3.34. The van der Waals surface area contributed by atoms with Crippen molar-refractivity contribution in [2.24, 2.45) is 0 Å². The van der Waals surface area contributed by atoms with Crippen molar-refractivity contribution in [1.29, 1.82) is 0 Å². The van der Waals surface area contributed by atoms with Crippen LogP contribution >= 0.6 is 11.6 Å². The summed E-state index contributed by atoms with van der Waals surface area (Å²) in [6.07, 6.45) is 1.31. The minimum absolute atomic E-state index is 0.0608. The molecule has 1 aromatic heterocycles. The summed E-state index contributed by atoms with van der Waals surface area (Å²) in [6, 6.07) is 1.52. The van der Waals surface area contributed by atoms with Crippen LogP contribution in [0.1, 0.15) is 6.92 Å². The zero-order chi connectivity index (χ0) is 8.27. The van der Waals surface area contributed by atoms with E-state index in [2.05, 4.69) is 4.98 Å². The molecule has 0 saturated carbocycles. The van der Waals surface area contributed by atoms with E-state index in [1.54, 1.807) is 6.92 Å². The SMILES string of the molecule is CCOc1ccnc(F)c1Cl. The van der Waals surface area contributed by atoms with E-state index in [0.717, 1.165) is 0 Å². The predicted octanol–water partition coefficient (Wildman–Crippen LogP) is 2.27. The van der Waals surface area contributed by atoms with Crippen LogP contribution in [0, 0.1) is 5.95 Å². The molecule has 0 aliphatic heterocycles. The Balaban J connectivity index is 2.96. The topological polar surface area (TPSA) is 22.1 Å². The molecule has 0 saturated heterocycles. The Labute approximate surface area is 69.0 Å². The summed E-state index contributed by atoms with van der Waals surface area (Å²) in [7, 11) is 0. The summed E-state index contributed by atoms with van der Waals surface area (Å²) >= 11 is 5.51. The summed E-state index contributed by atoms with van der Waals surface area (Å²) in [5.41, 5.74) is 0. The number of rotatable bonds is 2. The van der Waals surface area contributed by atoms with Gasteiger partial charge < -0.3 is 4.74 Å². The number of ether oxygens (including phenoxy) is 1. The van der Waals surface area contributed by atoms with Gasteiger partial charge in [-0.15, -0.1) is 0 Å². The highest BCUT2D eigenvalue weighted by Crippen LogP contribution is 2.24. The van der Waals surface area contributed by atoms with Crippen LogP contribution in [0.15, 0.2) is 12.3 Å². The summed E-state index contributed by atoms with van der Waals surface area (Å²) in [6.45, 7) is 2.26. The van der Waals surface area contributed by atoms with E-state index in [-0.39, 0.29) is 5.02 Å². The van der Waals surface area contributed by atoms with Gasteiger partial charge >= 0.3 is 0 Å². The summed E-state index contributed by atoms with van der Waals surface area (Å²) in [5, 5.41) is -0.0608. The van der Waals surface area contributed by atoms with Gasteiger partial charge in [-0.2, -0.15) is 4.39 Å². The zero-order valence-electron chi connectivity index (χ0n) is 5.97. The van der Waals surface area contributed by atoms with Crippen molar-refractivity contribution in [2.75, 3.05) is 6.61 Å². The fourth-order valence-corrected chi connectivity index (χ4v) is 0.835. The molecule has 0 aromatic carbocycles. The van der Waals surface area contributed by atoms with Crippen LogP contribution in [-0.2, 0) is 0 Å². The lowest BCUT2D eigenvalue weighted by Gasteiger charge is -2.03. The molecule has 1 aromatic rings. The van der Waals surface area contributed by atoms with Crippen LogP contribution in [0.25, 0.3) is 0 Å². The van der Waals surface area contributed by atoms with Crippen LogP contribution in [0.3, 0.4) is 0 Å². The molecule has 1 rings (SSSR count). The molecule has 0 spiro atoms. The second-order valence-corrected chi connectivity index (χ2v) is 2.22. The van der Waals surface area contributed by atoms with Crippen molar-refractivity contribution in [2.45, 2.75) is 6.92 Å². The summed E-state index contributed by atoms with van der Waals surface area (Å²) in [5.74, 6) is -0.362. The second-order valence-electron chi connectivity index (χ2n) is 1.85. The maximum absolute atomic E-state index is 12.6. The van der Waals surface area contributed by atoms with Crippen LogP contribution in [0.2, 0.25) is 5.02 Å². The Hall–Kier alpha value is -0.830. The largest absolute Gasteiger partial charge is 0.492 e. The third-order valence-corrected chi connectivity index (χ3v) is 1.45. The minimum Gasteiger partial charge on any atom is -0.492 e. The van der Waals surface area contributed by atoms with E-state index in [1.165, 1.54) is 12.3 Å². The van der Waals surface area contributed by atoms with Gasteiger partial charge in [-0.25, -0.2) is 4.98 Å². The standard InChI is InChI=1S/C7H7ClFNO/c1-2-11-5-3-4-10-7(9)6(5)8/h3-4H,2H2,1H3. The van der Waals surface area contributed by atoms with Gasteiger partial charge in [0.2, 0.25) is 5.95 Å². The van der Waals surface area contributed by atoms with E-state index in [1.807, 2.05) is 0 Å². The minimum atomic E-state index is -0.697. The van der Waals surface area contributed by atoms with Crippen molar-refractivity contribution >= 4 is 11.6 Å². The second kappa shape index (κ2) is 3.53. The predicted molar refractivity (Wildman–Crippen MR) is 40.4 cm³/mol. The van der Waals surface area contributed by atoms with Crippen LogP contribution in [0.4, 0.5) is 4.39 Å². The maximum atomic E-state index is 12.6. The van der Waals surface area contributed by atoms with Gasteiger partial charge in [-0.05, 0) is 6.92 Å². The van der Waals surface area contributed by atoms with E-state index >= 15 is 0 Å². The van der Waals surface area contributed by atoms with Crippen molar-refractivity contribution in [3.05, 3.63) is 23.2 Å². The van der Waals surface area contributed by atoms with E-state index < -0.39 is 5.95 Å². The first-order valence-corrected chi connectivity index (χ1v) is 3.56. The molecule has 0 aliphatic carbocycles. The molecule has 2 nitrogen and oxygen atoms in total. The van der Waals surface area contributed by atoms with Crippen LogP contribution < -0.4 is 4.74 Å². The Morgan fingerprint density at radius 2 is 2.45 bits per heavy atom. The highest BCUT2D eigenvalue weighted by atomic mass is 35.5. The van der Waals surface area contributed by atoms with Crippen LogP contribution in [-0.4, -0.2) is 11.6 Å². The lowest BCUT2D eigenvalue weighted by Crippen LogP contribution is -1.94. The third-order valence-electron chi connectivity index (χ3n) is 1.11. The molecule has 0 radical (unpaired) electrons. The molecule has 60 valence electrons. The Bertz CT molecular complexity index is 254. The zero-order valence-corrected chi connectivity index (χ0v) is 6.73. The van der Waals surface area contributed by atoms with E-state index in [9.17, 15) is 4.39 Å². The van der Waals surface area contributed by atoms with Gasteiger partial charge in [0.1, 0.15) is 10.8 Å². The quantitative estimate of drug-likeness (QED) is 0.644. The molecule has 4 heteroatoms.